The average molecular weight is 470 g/mol. The van der Waals surface area contributed by atoms with Crippen LogP contribution in [0.2, 0.25) is 0 Å². The first kappa shape index (κ1) is 22.7. The van der Waals surface area contributed by atoms with Crippen molar-refractivity contribution in [3.63, 3.8) is 0 Å². The first-order chi connectivity index (χ1) is 17.0. The van der Waals surface area contributed by atoms with Crippen LogP contribution in [-0.2, 0) is 22.6 Å². The lowest BCUT2D eigenvalue weighted by Crippen LogP contribution is -2.29. The van der Waals surface area contributed by atoms with Crippen molar-refractivity contribution in [2.45, 2.75) is 39.0 Å². The van der Waals surface area contributed by atoms with Crippen LogP contribution in [0.1, 0.15) is 42.1 Å². The zero-order valence-electron chi connectivity index (χ0n) is 19.7. The summed E-state index contributed by atoms with van der Waals surface area (Å²) in [7, 11) is 0. The van der Waals surface area contributed by atoms with Gasteiger partial charge in [0.2, 0.25) is 0 Å². The molecule has 1 amide bonds. The first-order valence-electron chi connectivity index (χ1n) is 11.8. The van der Waals surface area contributed by atoms with E-state index < -0.39 is 17.7 Å². The molecular weight excluding hydrogens is 442 g/mol. The summed E-state index contributed by atoms with van der Waals surface area (Å²) in [6.45, 7) is 4.70. The van der Waals surface area contributed by atoms with Crippen LogP contribution in [0.5, 0.6) is 11.5 Å². The molecule has 1 N–H and O–H groups in total. The van der Waals surface area contributed by atoms with Crippen LogP contribution >= 0.6 is 0 Å². The van der Waals surface area contributed by atoms with Crippen LogP contribution in [0.3, 0.4) is 0 Å². The molecule has 2 aliphatic heterocycles. The molecule has 0 aromatic heterocycles. The number of likely N-dealkylation sites (tertiary alicyclic amines) is 1. The molecule has 0 radical (unpaired) electrons. The van der Waals surface area contributed by atoms with Gasteiger partial charge in [0, 0.05) is 18.5 Å². The Bertz CT molecular complexity index is 1300. The predicted molar refractivity (Wildman–Crippen MR) is 132 cm³/mol. The standard InChI is InChI=1S/C29H27NO5/c1-3-34-23-12-9-19(10-13-23)17-30-26(20-7-5-4-6-8-20)25(28(32)29(30)33)27(31)21-11-14-24-22(16-21)15-18(2)35-24/h4-14,16,18,26,31H,3,15,17H2,1-2H3/b27-25-. The fourth-order valence-corrected chi connectivity index (χ4v) is 4.80. The molecule has 0 spiro atoms. The van der Waals surface area contributed by atoms with Crippen LogP contribution in [0.4, 0.5) is 0 Å². The summed E-state index contributed by atoms with van der Waals surface area (Å²) >= 11 is 0. The molecule has 2 atom stereocenters. The van der Waals surface area contributed by atoms with E-state index in [0.29, 0.717) is 12.2 Å². The Kier molecular flexibility index (Phi) is 6.03. The fraction of sp³-hybridized carbons (Fsp3) is 0.241. The van der Waals surface area contributed by atoms with Gasteiger partial charge >= 0.3 is 0 Å². The molecule has 178 valence electrons. The van der Waals surface area contributed by atoms with E-state index in [9.17, 15) is 14.7 Å². The number of ketones is 1. The van der Waals surface area contributed by atoms with Crippen LogP contribution < -0.4 is 9.47 Å². The lowest BCUT2D eigenvalue weighted by molar-refractivity contribution is -0.140. The van der Waals surface area contributed by atoms with Gasteiger partial charge in [-0.25, -0.2) is 0 Å². The molecule has 0 saturated carbocycles. The number of rotatable bonds is 6. The van der Waals surface area contributed by atoms with Gasteiger partial charge in [-0.3, -0.25) is 9.59 Å². The van der Waals surface area contributed by atoms with E-state index in [1.165, 1.54) is 4.90 Å². The van der Waals surface area contributed by atoms with Crippen molar-refractivity contribution in [1.29, 1.82) is 0 Å². The maximum Gasteiger partial charge on any atom is 0.295 e. The van der Waals surface area contributed by atoms with E-state index in [1.54, 1.807) is 12.1 Å². The van der Waals surface area contributed by atoms with E-state index in [0.717, 1.165) is 34.6 Å². The number of amides is 1. The van der Waals surface area contributed by atoms with Crippen molar-refractivity contribution in [3.8, 4) is 11.5 Å². The number of aliphatic hydroxyl groups excluding tert-OH is 1. The highest BCUT2D eigenvalue weighted by Crippen LogP contribution is 2.41. The number of ether oxygens (including phenoxy) is 2. The van der Waals surface area contributed by atoms with E-state index in [-0.39, 0.29) is 24.0 Å². The highest BCUT2D eigenvalue weighted by molar-refractivity contribution is 6.46. The molecule has 3 aromatic carbocycles. The molecule has 2 heterocycles. The molecule has 1 saturated heterocycles. The molecule has 35 heavy (non-hydrogen) atoms. The molecule has 5 rings (SSSR count). The van der Waals surface area contributed by atoms with Gasteiger partial charge in [0.1, 0.15) is 23.4 Å². The van der Waals surface area contributed by atoms with E-state index in [4.69, 9.17) is 9.47 Å². The van der Waals surface area contributed by atoms with Crippen molar-refractivity contribution in [2.24, 2.45) is 0 Å². The van der Waals surface area contributed by atoms with Gasteiger partial charge in [-0.15, -0.1) is 0 Å². The number of nitrogens with zero attached hydrogens (tertiary/aromatic N) is 1. The average Bonchev–Trinajstić information content (AvgIpc) is 3.36. The third-order valence-corrected chi connectivity index (χ3v) is 6.41. The van der Waals surface area contributed by atoms with Gasteiger partial charge < -0.3 is 19.5 Å². The number of carbonyl (C=O) groups excluding carboxylic acids is 2. The number of hydrogen-bond donors (Lipinski definition) is 1. The minimum atomic E-state index is -0.703. The maximum absolute atomic E-state index is 13.3. The van der Waals surface area contributed by atoms with Gasteiger partial charge in [-0.05, 0) is 60.9 Å². The van der Waals surface area contributed by atoms with Crippen LogP contribution in [0.15, 0.2) is 78.4 Å². The first-order valence-corrected chi connectivity index (χ1v) is 11.8. The second-order valence-corrected chi connectivity index (χ2v) is 8.87. The highest BCUT2D eigenvalue weighted by Gasteiger charge is 2.46. The number of aliphatic hydroxyl groups is 1. The molecule has 0 aliphatic carbocycles. The Morgan fingerprint density at radius 3 is 2.51 bits per heavy atom. The minimum absolute atomic E-state index is 0.0615. The molecule has 2 unspecified atom stereocenters. The quantitative estimate of drug-likeness (QED) is 0.311. The van der Waals surface area contributed by atoms with Crippen molar-refractivity contribution in [2.75, 3.05) is 6.61 Å². The van der Waals surface area contributed by atoms with Gasteiger partial charge in [0.25, 0.3) is 11.7 Å². The number of carbonyl (C=O) groups is 2. The van der Waals surface area contributed by atoms with Gasteiger partial charge in [0.05, 0.1) is 18.2 Å². The summed E-state index contributed by atoms with van der Waals surface area (Å²) in [5, 5.41) is 11.3. The number of Topliss-reactive ketones (excluding diaryl/α,β-unsaturated/α-hetero) is 1. The highest BCUT2D eigenvalue weighted by atomic mass is 16.5. The van der Waals surface area contributed by atoms with Crippen LogP contribution in [0, 0.1) is 0 Å². The molecule has 1 fully saturated rings. The van der Waals surface area contributed by atoms with E-state index >= 15 is 0 Å². The Balaban J connectivity index is 1.56. The zero-order chi connectivity index (χ0) is 24.5. The summed E-state index contributed by atoms with van der Waals surface area (Å²) < 4.78 is 11.3. The lowest BCUT2D eigenvalue weighted by Gasteiger charge is -2.25. The zero-order valence-corrected chi connectivity index (χ0v) is 19.7. The minimum Gasteiger partial charge on any atom is -0.507 e. The second-order valence-electron chi connectivity index (χ2n) is 8.87. The van der Waals surface area contributed by atoms with Crippen LogP contribution in [-0.4, -0.2) is 34.4 Å². The van der Waals surface area contributed by atoms with Gasteiger partial charge in [-0.2, -0.15) is 0 Å². The summed E-state index contributed by atoms with van der Waals surface area (Å²) in [4.78, 5) is 28.0. The predicted octanol–water partition coefficient (Wildman–Crippen LogP) is 5.03. The Morgan fingerprint density at radius 2 is 1.80 bits per heavy atom. The Labute approximate surface area is 204 Å². The van der Waals surface area contributed by atoms with Crippen molar-refractivity contribution >= 4 is 17.4 Å². The SMILES string of the molecule is CCOc1ccc(CN2C(=O)C(=O)/C(=C(\O)c3ccc4c(c3)CC(C)O4)C2c2ccccc2)cc1. The van der Waals surface area contributed by atoms with Crippen LogP contribution in [0.25, 0.3) is 5.76 Å². The molecule has 6 heteroatoms. The lowest BCUT2D eigenvalue weighted by atomic mass is 9.94. The summed E-state index contributed by atoms with van der Waals surface area (Å²) in [6.07, 6.45) is 0.788. The smallest absolute Gasteiger partial charge is 0.295 e. The summed E-state index contributed by atoms with van der Waals surface area (Å²) in [6, 6.07) is 21.5. The molecule has 2 aliphatic rings. The Hall–Kier alpha value is -4.06. The monoisotopic (exact) mass is 469 g/mol. The van der Waals surface area contributed by atoms with E-state index in [1.807, 2.05) is 74.5 Å². The van der Waals surface area contributed by atoms with Gasteiger partial charge in [0.15, 0.2) is 0 Å². The number of benzene rings is 3. The Morgan fingerprint density at radius 1 is 1.06 bits per heavy atom. The van der Waals surface area contributed by atoms with Crippen molar-refractivity contribution < 1.29 is 24.2 Å². The number of hydrogen-bond acceptors (Lipinski definition) is 5. The molecule has 6 nitrogen and oxygen atoms in total. The maximum atomic E-state index is 13.3. The topological polar surface area (TPSA) is 76.1 Å². The second kappa shape index (κ2) is 9.29. The van der Waals surface area contributed by atoms with Crippen molar-refractivity contribution in [1.82, 2.24) is 4.90 Å². The van der Waals surface area contributed by atoms with E-state index in [2.05, 4.69) is 0 Å². The third kappa shape index (κ3) is 4.28. The van der Waals surface area contributed by atoms with Gasteiger partial charge in [-0.1, -0.05) is 42.5 Å². The molecule has 3 aromatic rings. The third-order valence-electron chi connectivity index (χ3n) is 6.41. The number of fused-ring (bicyclic) bond motifs is 1. The largest absolute Gasteiger partial charge is 0.507 e. The summed E-state index contributed by atoms with van der Waals surface area (Å²) in [5.41, 5.74) is 3.19. The summed E-state index contributed by atoms with van der Waals surface area (Å²) in [5.74, 6) is 0.0333. The van der Waals surface area contributed by atoms with Crippen molar-refractivity contribution in [3.05, 3.63) is 101 Å². The molecule has 0 bridgehead atoms. The molecular formula is C29H27NO5. The normalized spacial score (nSPS) is 20.6. The fourth-order valence-electron chi connectivity index (χ4n) is 4.80.